The molecule has 0 unspecified atom stereocenters. The molecule has 0 radical (unpaired) electrons. The topological polar surface area (TPSA) is 55.6 Å². The predicted octanol–water partition coefficient (Wildman–Crippen LogP) is 3.22. The first kappa shape index (κ1) is 14.7. The molecule has 1 aliphatic heterocycles. The third-order valence-corrected chi connectivity index (χ3v) is 4.12. The van der Waals surface area contributed by atoms with E-state index in [1.54, 1.807) is 4.90 Å². The summed E-state index contributed by atoms with van der Waals surface area (Å²) in [5.74, 6) is 0.514. The normalized spacial score (nSPS) is 16.2. The molecule has 1 aromatic rings. The summed E-state index contributed by atoms with van der Waals surface area (Å²) in [6.45, 7) is 7.98. The Morgan fingerprint density at radius 3 is 2.55 bits per heavy atom. The summed E-state index contributed by atoms with van der Waals surface area (Å²) in [5, 5.41) is 0. The Bertz CT molecular complexity index is 491. The van der Waals surface area contributed by atoms with E-state index < -0.39 is 0 Å². The maximum absolute atomic E-state index is 11.7. The third-order valence-electron chi connectivity index (χ3n) is 4.12. The van der Waals surface area contributed by atoms with E-state index in [4.69, 9.17) is 10.5 Å². The van der Waals surface area contributed by atoms with Crippen molar-refractivity contribution in [3.63, 3.8) is 0 Å². The monoisotopic (exact) mass is 276 g/mol. The average molecular weight is 276 g/mol. The van der Waals surface area contributed by atoms with E-state index in [1.807, 2.05) is 13.8 Å². The largest absolute Gasteiger partial charge is 0.450 e. The number of rotatable bonds is 2. The fourth-order valence-electron chi connectivity index (χ4n) is 2.89. The van der Waals surface area contributed by atoms with Crippen LogP contribution in [0.15, 0.2) is 12.1 Å². The first-order valence-electron chi connectivity index (χ1n) is 7.31. The van der Waals surface area contributed by atoms with Gasteiger partial charge in [0.2, 0.25) is 0 Å². The number of nitrogens with zero attached hydrogens (tertiary/aromatic N) is 1. The van der Waals surface area contributed by atoms with Gasteiger partial charge in [0.05, 0.1) is 6.61 Å². The van der Waals surface area contributed by atoms with Gasteiger partial charge in [-0.2, -0.15) is 0 Å². The fourth-order valence-corrected chi connectivity index (χ4v) is 2.89. The number of carbonyl (C=O) groups excluding carboxylic acids is 1. The lowest BCUT2D eigenvalue weighted by Crippen LogP contribution is -2.38. The zero-order valence-electron chi connectivity index (χ0n) is 12.6. The van der Waals surface area contributed by atoms with E-state index in [1.165, 1.54) is 11.1 Å². The number of carbonyl (C=O) groups is 1. The molecule has 1 fully saturated rings. The molecule has 1 saturated heterocycles. The van der Waals surface area contributed by atoms with Crippen LogP contribution in [-0.4, -0.2) is 30.7 Å². The Morgan fingerprint density at radius 1 is 1.30 bits per heavy atom. The molecule has 0 bridgehead atoms. The number of likely N-dealkylation sites (tertiary alicyclic amines) is 1. The lowest BCUT2D eigenvalue weighted by molar-refractivity contribution is 0.0970. The van der Waals surface area contributed by atoms with E-state index in [0.29, 0.717) is 12.5 Å². The van der Waals surface area contributed by atoms with Gasteiger partial charge >= 0.3 is 6.09 Å². The summed E-state index contributed by atoms with van der Waals surface area (Å²) >= 11 is 0. The fraction of sp³-hybridized carbons (Fsp3) is 0.562. The van der Waals surface area contributed by atoms with Gasteiger partial charge in [-0.3, -0.25) is 0 Å². The molecule has 4 heteroatoms. The van der Waals surface area contributed by atoms with Crippen molar-refractivity contribution in [1.82, 2.24) is 4.90 Å². The molecular weight excluding hydrogens is 252 g/mol. The van der Waals surface area contributed by atoms with Gasteiger partial charge in [0.15, 0.2) is 0 Å². The van der Waals surface area contributed by atoms with Crippen LogP contribution in [0.25, 0.3) is 0 Å². The minimum atomic E-state index is -0.184. The SMILES string of the molecule is CCOC(=O)N1CCC(c2cc(C)c(N)cc2C)CC1. The quantitative estimate of drug-likeness (QED) is 0.844. The second-order valence-corrected chi connectivity index (χ2v) is 5.53. The number of piperidine rings is 1. The van der Waals surface area contributed by atoms with Crippen LogP contribution in [0, 0.1) is 13.8 Å². The van der Waals surface area contributed by atoms with Crippen molar-refractivity contribution in [2.45, 2.75) is 39.5 Å². The number of ether oxygens (including phenoxy) is 1. The van der Waals surface area contributed by atoms with Crippen molar-refractivity contribution in [1.29, 1.82) is 0 Å². The standard InChI is InChI=1S/C16H24N2O2/c1-4-20-16(19)18-7-5-13(6-8-18)14-9-12(3)15(17)10-11(14)2/h9-10,13H,4-8,17H2,1-3H3. The number of aryl methyl sites for hydroxylation is 2. The Labute approximate surface area is 120 Å². The van der Waals surface area contributed by atoms with E-state index in [9.17, 15) is 4.79 Å². The number of hydrogen-bond donors (Lipinski definition) is 1. The van der Waals surface area contributed by atoms with Gasteiger partial charge in [-0.25, -0.2) is 4.79 Å². The molecule has 0 atom stereocenters. The summed E-state index contributed by atoms with van der Waals surface area (Å²) in [4.78, 5) is 13.5. The van der Waals surface area contributed by atoms with Crippen molar-refractivity contribution >= 4 is 11.8 Å². The lowest BCUT2D eigenvalue weighted by atomic mass is 9.86. The highest BCUT2D eigenvalue weighted by atomic mass is 16.6. The Hall–Kier alpha value is -1.71. The summed E-state index contributed by atoms with van der Waals surface area (Å²) in [5.41, 5.74) is 10.6. The van der Waals surface area contributed by atoms with E-state index in [-0.39, 0.29) is 6.09 Å². The molecule has 0 saturated carbocycles. The molecule has 0 aromatic heterocycles. The van der Waals surface area contributed by atoms with Crippen LogP contribution >= 0.6 is 0 Å². The van der Waals surface area contributed by atoms with Crippen LogP contribution in [-0.2, 0) is 4.74 Å². The van der Waals surface area contributed by atoms with Crippen LogP contribution in [0.4, 0.5) is 10.5 Å². The Morgan fingerprint density at radius 2 is 1.95 bits per heavy atom. The Kier molecular flexibility index (Phi) is 4.53. The number of amides is 1. The van der Waals surface area contributed by atoms with Crippen molar-refractivity contribution in [2.75, 3.05) is 25.4 Å². The summed E-state index contributed by atoms with van der Waals surface area (Å²) in [6, 6.07) is 4.26. The average Bonchev–Trinajstić information content (AvgIpc) is 2.43. The minimum absolute atomic E-state index is 0.184. The predicted molar refractivity (Wildman–Crippen MR) is 80.9 cm³/mol. The smallest absolute Gasteiger partial charge is 0.409 e. The van der Waals surface area contributed by atoms with Gasteiger partial charge in [0.1, 0.15) is 0 Å². The van der Waals surface area contributed by atoms with Gasteiger partial charge in [0, 0.05) is 18.8 Å². The van der Waals surface area contributed by atoms with Crippen LogP contribution in [0.1, 0.15) is 42.4 Å². The number of nitrogen functional groups attached to an aromatic ring is 1. The maximum Gasteiger partial charge on any atom is 0.409 e. The highest BCUT2D eigenvalue weighted by molar-refractivity contribution is 5.67. The van der Waals surface area contributed by atoms with E-state index >= 15 is 0 Å². The molecule has 2 N–H and O–H groups in total. The zero-order chi connectivity index (χ0) is 14.7. The second-order valence-electron chi connectivity index (χ2n) is 5.53. The van der Waals surface area contributed by atoms with Crippen LogP contribution in [0.5, 0.6) is 0 Å². The maximum atomic E-state index is 11.7. The van der Waals surface area contributed by atoms with Crippen molar-refractivity contribution in [3.8, 4) is 0 Å². The lowest BCUT2D eigenvalue weighted by Gasteiger charge is -2.32. The van der Waals surface area contributed by atoms with Gasteiger partial charge in [-0.05, 0) is 62.3 Å². The van der Waals surface area contributed by atoms with Crippen molar-refractivity contribution < 1.29 is 9.53 Å². The van der Waals surface area contributed by atoms with Gasteiger partial charge < -0.3 is 15.4 Å². The number of anilines is 1. The van der Waals surface area contributed by atoms with Gasteiger partial charge in [-0.1, -0.05) is 6.07 Å². The summed E-state index contributed by atoms with van der Waals surface area (Å²) in [6.07, 6.45) is 1.79. The first-order valence-corrected chi connectivity index (χ1v) is 7.31. The van der Waals surface area contributed by atoms with E-state index in [0.717, 1.165) is 37.2 Å². The first-order chi connectivity index (χ1) is 9.52. The summed E-state index contributed by atoms with van der Waals surface area (Å²) < 4.78 is 5.05. The van der Waals surface area contributed by atoms with Crippen molar-refractivity contribution in [2.24, 2.45) is 0 Å². The molecular formula is C16H24N2O2. The van der Waals surface area contributed by atoms with Crippen LogP contribution in [0.2, 0.25) is 0 Å². The van der Waals surface area contributed by atoms with Crippen LogP contribution < -0.4 is 5.73 Å². The molecule has 0 aliphatic carbocycles. The van der Waals surface area contributed by atoms with E-state index in [2.05, 4.69) is 19.1 Å². The number of hydrogen-bond acceptors (Lipinski definition) is 3. The molecule has 1 aliphatic rings. The second kappa shape index (κ2) is 6.16. The summed E-state index contributed by atoms with van der Waals surface area (Å²) in [7, 11) is 0. The molecule has 110 valence electrons. The molecule has 1 heterocycles. The number of nitrogens with two attached hydrogens (primary N) is 1. The molecule has 20 heavy (non-hydrogen) atoms. The highest BCUT2D eigenvalue weighted by Crippen LogP contribution is 2.32. The van der Waals surface area contributed by atoms with Gasteiger partial charge in [-0.15, -0.1) is 0 Å². The molecule has 4 nitrogen and oxygen atoms in total. The third kappa shape index (κ3) is 3.06. The zero-order valence-corrected chi connectivity index (χ0v) is 12.6. The van der Waals surface area contributed by atoms with Crippen LogP contribution in [0.3, 0.4) is 0 Å². The molecule has 2 rings (SSSR count). The van der Waals surface area contributed by atoms with Gasteiger partial charge in [0.25, 0.3) is 0 Å². The minimum Gasteiger partial charge on any atom is -0.450 e. The molecule has 1 amide bonds. The number of benzene rings is 1. The Balaban J connectivity index is 2.04. The van der Waals surface area contributed by atoms with Crippen molar-refractivity contribution in [3.05, 3.63) is 28.8 Å². The molecule has 1 aromatic carbocycles. The highest BCUT2D eigenvalue weighted by Gasteiger charge is 2.25. The molecule has 0 spiro atoms.